The molecule has 1 atom stereocenters. The van der Waals surface area contributed by atoms with Crippen LogP contribution in [0.2, 0.25) is 0 Å². The summed E-state index contributed by atoms with van der Waals surface area (Å²) in [6.45, 7) is 5.35. The lowest BCUT2D eigenvalue weighted by molar-refractivity contribution is -0.0251. The number of nitrogens with zero attached hydrogens (tertiary/aromatic N) is 3. The van der Waals surface area contributed by atoms with Gasteiger partial charge in [-0.25, -0.2) is 0 Å². The van der Waals surface area contributed by atoms with Crippen LogP contribution in [0.1, 0.15) is 12.8 Å². The maximum Gasteiger partial charge on any atom is 0.122 e. The van der Waals surface area contributed by atoms with Gasteiger partial charge >= 0.3 is 0 Å². The van der Waals surface area contributed by atoms with Gasteiger partial charge in [-0.3, -0.25) is 4.90 Å². The van der Waals surface area contributed by atoms with E-state index in [4.69, 9.17) is 4.74 Å². The van der Waals surface area contributed by atoms with Gasteiger partial charge in [-0.2, -0.15) is 5.26 Å². The molecule has 2 aliphatic heterocycles. The number of likely N-dealkylation sites (tertiary alicyclic amines) is 1. The highest BCUT2D eigenvalue weighted by Gasteiger charge is 2.40. The summed E-state index contributed by atoms with van der Waals surface area (Å²) < 4.78 is 5.34. The first-order valence-corrected chi connectivity index (χ1v) is 5.69. The van der Waals surface area contributed by atoms with Crippen molar-refractivity contribution in [2.24, 2.45) is 0 Å². The molecule has 0 aromatic heterocycles. The summed E-state index contributed by atoms with van der Waals surface area (Å²) in [7, 11) is 2.10. The third kappa shape index (κ3) is 2.15. The Morgan fingerprint density at radius 2 is 2.00 bits per heavy atom. The van der Waals surface area contributed by atoms with Crippen molar-refractivity contribution < 1.29 is 4.74 Å². The maximum absolute atomic E-state index is 9.45. The minimum absolute atomic E-state index is 0.253. The molecule has 0 aromatic rings. The van der Waals surface area contributed by atoms with Crippen molar-refractivity contribution in [2.75, 3.05) is 46.4 Å². The summed E-state index contributed by atoms with van der Waals surface area (Å²) in [6.07, 6.45) is 2.13. The molecule has 0 aliphatic carbocycles. The monoisotopic (exact) mass is 209 g/mol. The summed E-state index contributed by atoms with van der Waals surface area (Å²) in [5, 5.41) is 9.45. The Labute approximate surface area is 91.4 Å². The van der Waals surface area contributed by atoms with E-state index in [-0.39, 0.29) is 5.54 Å². The average molecular weight is 209 g/mol. The molecule has 84 valence electrons. The standard InChI is InChI=1S/C11H19N3O/c1-13-4-2-3-11(9-12,10-13)14-5-7-15-8-6-14/h2-8,10H2,1H3. The second-order valence-electron chi connectivity index (χ2n) is 4.58. The molecule has 15 heavy (non-hydrogen) atoms. The molecule has 0 aromatic carbocycles. The van der Waals surface area contributed by atoms with Crippen LogP contribution in [0.4, 0.5) is 0 Å². The molecular formula is C11H19N3O. The second-order valence-corrected chi connectivity index (χ2v) is 4.58. The molecule has 2 heterocycles. The lowest BCUT2D eigenvalue weighted by Crippen LogP contribution is -2.59. The molecule has 0 spiro atoms. The number of piperidine rings is 1. The summed E-state index contributed by atoms with van der Waals surface area (Å²) in [6, 6.07) is 2.55. The number of nitriles is 1. The van der Waals surface area contributed by atoms with Crippen molar-refractivity contribution in [3.8, 4) is 6.07 Å². The summed E-state index contributed by atoms with van der Waals surface area (Å²) >= 11 is 0. The first-order valence-electron chi connectivity index (χ1n) is 5.69. The van der Waals surface area contributed by atoms with Gasteiger partial charge in [-0.05, 0) is 26.4 Å². The molecule has 0 bridgehead atoms. The van der Waals surface area contributed by atoms with Crippen molar-refractivity contribution in [1.29, 1.82) is 5.26 Å². The van der Waals surface area contributed by atoms with Gasteiger partial charge in [-0.15, -0.1) is 0 Å². The van der Waals surface area contributed by atoms with E-state index in [2.05, 4.69) is 22.9 Å². The first-order chi connectivity index (χ1) is 7.27. The predicted molar refractivity (Wildman–Crippen MR) is 57.5 cm³/mol. The van der Waals surface area contributed by atoms with Gasteiger partial charge in [0.1, 0.15) is 5.54 Å². The van der Waals surface area contributed by atoms with Crippen LogP contribution in [-0.2, 0) is 4.74 Å². The van der Waals surface area contributed by atoms with Crippen LogP contribution in [0.5, 0.6) is 0 Å². The summed E-state index contributed by atoms with van der Waals surface area (Å²) in [4.78, 5) is 4.58. The number of hydrogen-bond donors (Lipinski definition) is 0. The Bertz CT molecular complexity index is 257. The molecule has 0 amide bonds. The van der Waals surface area contributed by atoms with E-state index in [1.165, 1.54) is 0 Å². The summed E-state index contributed by atoms with van der Waals surface area (Å²) in [5.74, 6) is 0. The van der Waals surface area contributed by atoms with E-state index >= 15 is 0 Å². The molecule has 2 rings (SSSR count). The molecular weight excluding hydrogens is 190 g/mol. The Morgan fingerprint density at radius 3 is 2.60 bits per heavy atom. The quantitative estimate of drug-likeness (QED) is 0.623. The predicted octanol–water partition coefficient (Wildman–Crippen LogP) is 0.307. The van der Waals surface area contributed by atoms with Gasteiger partial charge in [0, 0.05) is 19.6 Å². The average Bonchev–Trinajstić information content (AvgIpc) is 2.30. The van der Waals surface area contributed by atoms with Gasteiger partial charge in [-0.1, -0.05) is 0 Å². The highest BCUT2D eigenvalue weighted by molar-refractivity contribution is 5.12. The number of morpholine rings is 1. The molecule has 4 nitrogen and oxygen atoms in total. The fraction of sp³-hybridized carbons (Fsp3) is 0.909. The maximum atomic E-state index is 9.45. The van der Waals surface area contributed by atoms with E-state index < -0.39 is 0 Å². The lowest BCUT2D eigenvalue weighted by atomic mass is 9.88. The van der Waals surface area contributed by atoms with Crippen molar-refractivity contribution in [3.63, 3.8) is 0 Å². The molecule has 0 saturated carbocycles. The Balaban J connectivity index is 2.09. The fourth-order valence-electron chi connectivity index (χ4n) is 2.66. The molecule has 2 fully saturated rings. The molecule has 1 unspecified atom stereocenters. The van der Waals surface area contributed by atoms with Crippen molar-refractivity contribution >= 4 is 0 Å². The molecule has 4 heteroatoms. The fourth-order valence-corrected chi connectivity index (χ4v) is 2.66. The second kappa shape index (κ2) is 4.48. The van der Waals surface area contributed by atoms with Crippen molar-refractivity contribution in [1.82, 2.24) is 9.80 Å². The molecule has 0 radical (unpaired) electrons. The van der Waals surface area contributed by atoms with Gasteiger partial charge in [0.25, 0.3) is 0 Å². The van der Waals surface area contributed by atoms with Gasteiger partial charge < -0.3 is 9.64 Å². The van der Waals surface area contributed by atoms with Gasteiger partial charge in [0.05, 0.1) is 19.3 Å². The SMILES string of the molecule is CN1CCCC(C#N)(N2CCOCC2)C1. The first kappa shape index (κ1) is 10.9. The van der Waals surface area contributed by atoms with Crippen LogP contribution in [0.25, 0.3) is 0 Å². The highest BCUT2D eigenvalue weighted by atomic mass is 16.5. The lowest BCUT2D eigenvalue weighted by Gasteiger charge is -2.45. The third-order valence-electron chi connectivity index (χ3n) is 3.49. The molecule has 2 saturated heterocycles. The smallest absolute Gasteiger partial charge is 0.122 e. The van der Waals surface area contributed by atoms with Crippen LogP contribution in [0.15, 0.2) is 0 Å². The Kier molecular flexibility index (Phi) is 3.25. The highest BCUT2D eigenvalue weighted by Crippen LogP contribution is 2.27. The van der Waals surface area contributed by atoms with Crippen molar-refractivity contribution in [3.05, 3.63) is 0 Å². The van der Waals surface area contributed by atoms with Gasteiger partial charge in [0.2, 0.25) is 0 Å². The molecule has 0 N–H and O–H groups in total. The molecule has 2 aliphatic rings. The minimum atomic E-state index is -0.253. The number of hydrogen-bond acceptors (Lipinski definition) is 4. The van der Waals surface area contributed by atoms with Crippen molar-refractivity contribution in [2.45, 2.75) is 18.4 Å². The zero-order chi connectivity index (χ0) is 10.7. The Hall–Kier alpha value is -0.630. The van der Waals surface area contributed by atoms with Crippen LogP contribution in [0.3, 0.4) is 0 Å². The largest absolute Gasteiger partial charge is 0.379 e. The normalized spacial score (nSPS) is 34.9. The van der Waals surface area contributed by atoms with E-state index in [0.717, 1.165) is 52.2 Å². The van der Waals surface area contributed by atoms with Crippen LogP contribution < -0.4 is 0 Å². The number of rotatable bonds is 1. The van der Waals surface area contributed by atoms with Crippen LogP contribution >= 0.6 is 0 Å². The van der Waals surface area contributed by atoms with E-state index in [1.807, 2.05) is 0 Å². The summed E-state index contributed by atoms with van der Waals surface area (Å²) in [5.41, 5.74) is -0.253. The van der Waals surface area contributed by atoms with Crippen LogP contribution in [0, 0.1) is 11.3 Å². The van der Waals surface area contributed by atoms with E-state index in [1.54, 1.807) is 0 Å². The third-order valence-corrected chi connectivity index (χ3v) is 3.49. The zero-order valence-corrected chi connectivity index (χ0v) is 9.41. The Morgan fingerprint density at radius 1 is 1.27 bits per heavy atom. The minimum Gasteiger partial charge on any atom is -0.379 e. The number of ether oxygens (including phenoxy) is 1. The van der Waals surface area contributed by atoms with E-state index in [0.29, 0.717) is 0 Å². The topological polar surface area (TPSA) is 39.5 Å². The van der Waals surface area contributed by atoms with Gasteiger partial charge in [0.15, 0.2) is 0 Å². The van der Waals surface area contributed by atoms with E-state index in [9.17, 15) is 5.26 Å². The number of likely N-dealkylation sites (N-methyl/N-ethyl adjacent to an activating group) is 1. The zero-order valence-electron chi connectivity index (χ0n) is 9.41. The van der Waals surface area contributed by atoms with Crippen LogP contribution in [-0.4, -0.2) is 61.8 Å².